The van der Waals surface area contributed by atoms with E-state index in [9.17, 15) is 28.4 Å². The number of rotatable bonds is 12. The molecule has 0 bridgehead atoms. The van der Waals surface area contributed by atoms with Crippen molar-refractivity contribution >= 4 is 64.1 Å². The van der Waals surface area contributed by atoms with Gasteiger partial charge in [0.1, 0.15) is 11.9 Å². The van der Waals surface area contributed by atoms with Gasteiger partial charge in [-0.15, -0.1) is 0 Å². The maximum atomic E-state index is 15.3. The van der Waals surface area contributed by atoms with Gasteiger partial charge in [-0.3, -0.25) is 43.8 Å². The lowest BCUT2D eigenvalue weighted by Gasteiger charge is -2.43. The van der Waals surface area contributed by atoms with E-state index >= 15 is 8.78 Å². The number of hydrogen-bond acceptors (Lipinski definition) is 7. The Morgan fingerprint density at radius 2 is 1.67 bits per heavy atom. The number of imidazole rings is 1. The van der Waals surface area contributed by atoms with E-state index in [1.54, 1.807) is 56.6 Å². The van der Waals surface area contributed by atoms with Crippen LogP contribution in [0.5, 0.6) is 0 Å². The van der Waals surface area contributed by atoms with Crippen LogP contribution in [0.3, 0.4) is 0 Å². The average Bonchev–Trinajstić information content (AvgIpc) is 3.54. The molecule has 4 N–H and O–H groups in total. The summed E-state index contributed by atoms with van der Waals surface area (Å²) in [5.74, 6) is -5.37. The molecule has 2 saturated carbocycles. The zero-order chi connectivity index (χ0) is 47.3. The number of aryl methyl sites for hydroxylation is 1. The Labute approximate surface area is 393 Å². The first-order valence-electron chi connectivity index (χ1n) is 23.2. The molecule has 4 fully saturated rings. The second-order valence-electron chi connectivity index (χ2n) is 18.5. The lowest BCUT2D eigenvalue weighted by molar-refractivity contribution is -0.135. The van der Waals surface area contributed by atoms with Crippen LogP contribution in [-0.4, -0.2) is 76.8 Å². The fraction of sp³-hybridized carbons (Fsp3) is 0.531. The van der Waals surface area contributed by atoms with Crippen LogP contribution >= 0.6 is 23.2 Å². The molecule has 1 aromatic heterocycles. The molecule has 8 rings (SSSR count). The monoisotopic (exact) mass is 953 g/mol. The summed E-state index contributed by atoms with van der Waals surface area (Å²) in [6.45, 7) is 2.97. The van der Waals surface area contributed by atoms with Crippen LogP contribution in [0.4, 0.5) is 18.9 Å². The number of nitrogens with zero attached hydrogens (tertiary/aromatic N) is 3. The molecule has 17 heteroatoms. The van der Waals surface area contributed by atoms with Crippen molar-refractivity contribution in [2.45, 2.75) is 126 Å². The summed E-state index contributed by atoms with van der Waals surface area (Å²) in [5, 5.41) is 11.8. The number of imide groups is 1. The van der Waals surface area contributed by atoms with Crippen molar-refractivity contribution in [2.24, 2.45) is 13.0 Å². The number of nitrogens with one attached hydrogen (secondary N) is 4. The van der Waals surface area contributed by atoms with Gasteiger partial charge >= 0.3 is 5.69 Å². The van der Waals surface area contributed by atoms with Gasteiger partial charge in [-0.05, 0) is 98.0 Å². The van der Waals surface area contributed by atoms with E-state index < -0.39 is 52.8 Å². The number of halogens is 5. The zero-order valence-corrected chi connectivity index (χ0v) is 39.3. The Morgan fingerprint density at radius 1 is 0.939 bits per heavy atom. The molecule has 4 aliphatic rings. The third kappa shape index (κ3) is 10.5. The number of fused-ring (bicyclic) bond motifs is 1. The second kappa shape index (κ2) is 21.1. The van der Waals surface area contributed by atoms with Crippen LogP contribution in [0, 0.1) is 11.7 Å². The van der Waals surface area contributed by atoms with E-state index in [-0.39, 0.29) is 36.2 Å². The van der Waals surface area contributed by atoms with E-state index in [2.05, 4.69) is 21.3 Å². The lowest BCUT2D eigenvalue weighted by atomic mass is 9.74. The largest absolute Gasteiger partial charge is 0.358 e. The number of anilines is 1. The minimum Gasteiger partial charge on any atom is -0.358 e. The van der Waals surface area contributed by atoms with E-state index in [1.807, 2.05) is 17.9 Å². The maximum Gasteiger partial charge on any atom is 0.329 e. The Hall–Kier alpha value is -4.70. The van der Waals surface area contributed by atoms with Crippen LogP contribution in [0.1, 0.15) is 125 Å². The number of piperidine rings is 2. The molecule has 3 aromatic carbocycles. The van der Waals surface area contributed by atoms with E-state index in [0.29, 0.717) is 58.2 Å². The number of amides is 4. The number of aromatic nitrogens is 2. The lowest BCUT2D eigenvalue weighted by Crippen LogP contribution is -2.56. The van der Waals surface area contributed by atoms with Crippen LogP contribution in [0.2, 0.25) is 10.0 Å². The van der Waals surface area contributed by atoms with E-state index in [1.165, 1.54) is 34.5 Å². The van der Waals surface area contributed by atoms with Gasteiger partial charge in [0.25, 0.3) is 5.92 Å². The number of carbonyl (C=O) groups excluding carboxylic acids is 4. The molecule has 2 saturated heterocycles. The Kier molecular flexibility index (Phi) is 15.7. The average molecular weight is 955 g/mol. The molecule has 3 heterocycles. The summed E-state index contributed by atoms with van der Waals surface area (Å²) in [4.78, 5) is 63.1. The molecule has 2 aliphatic heterocycles. The SMILES string of the molecule is CNC(=O)C(NC1(c2ccc(Cl)cc2NC=O)CCCCC1)[C@@H](C)c1cccc(Cl)c1F.Cn1c(=O)n(C2CCC(=O)NC2=O)c2ccc(C3CCN(CC4CCCCC4)CC3(F)F)cc21. The van der Waals surface area contributed by atoms with Crippen LogP contribution in [-0.2, 0) is 31.8 Å². The number of hydrogen-bond donors (Lipinski definition) is 4. The molecule has 4 aromatic rings. The number of benzene rings is 3. The van der Waals surface area contributed by atoms with Gasteiger partial charge in [0.15, 0.2) is 0 Å². The summed E-state index contributed by atoms with van der Waals surface area (Å²) in [5.41, 5.74) is 2.40. The molecule has 3 unspecified atom stereocenters. The number of carbonyl (C=O) groups is 4. The highest BCUT2D eigenvalue weighted by molar-refractivity contribution is 6.31. The third-order valence-electron chi connectivity index (χ3n) is 14.3. The molecule has 4 atom stereocenters. The number of alkyl halides is 2. The van der Waals surface area contributed by atoms with Gasteiger partial charge < -0.3 is 10.6 Å². The van der Waals surface area contributed by atoms with Gasteiger partial charge in [-0.1, -0.05) is 92.9 Å². The topological polar surface area (TPSA) is 147 Å². The first kappa shape index (κ1) is 49.2. The number of likely N-dealkylation sites (tertiary alicyclic amines) is 1. The molecule has 12 nitrogen and oxygen atoms in total. The standard InChI is InChI=1S/C25H32F2N4O3.C24H28Cl2FN3O2/c1-29-21-13-17(7-8-19(21)31(24(29)34)20-9-10-22(32)28-23(20)33)18-11-12-30(15-25(18,26)27)14-16-5-3-2-4-6-16;1-15(17-7-6-8-19(26)21(17)27)22(23(32)28-2)30-24(11-4-3-5-12-24)18-10-9-16(25)13-20(18)29-14-31/h7-8,13,16,18,20H,2-6,9-12,14-15H2,1H3,(H,28,32,33);6-10,13-15,22,30H,3-5,11-12H2,1-2H3,(H,28,32)(H,29,31)/t;15-,22?/m.0/s1. The summed E-state index contributed by atoms with van der Waals surface area (Å²) in [6.07, 6.45) is 11.8. The van der Waals surface area contributed by atoms with Gasteiger partial charge in [-0.25, -0.2) is 18.0 Å². The van der Waals surface area contributed by atoms with Gasteiger partial charge in [0.2, 0.25) is 24.1 Å². The van der Waals surface area contributed by atoms with E-state index in [0.717, 1.165) is 57.1 Å². The van der Waals surface area contributed by atoms with Crippen molar-refractivity contribution in [3.63, 3.8) is 0 Å². The molecular weight excluding hydrogens is 894 g/mol. The van der Waals surface area contributed by atoms with Crippen molar-refractivity contribution in [3.05, 3.63) is 97.6 Å². The molecule has 2 aliphatic carbocycles. The molecule has 0 radical (unpaired) electrons. The summed E-state index contributed by atoms with van der Waals surface area (Å²) < 4.78 is 48.3. The molecule has 66 heavy (non-hydrogen) atoms. The Balaban J connectivity index is 0.000000197. The highest BCUT2D eigenvalue weighted by Gasteiger charge is 2.46. The first-order valence-corrected chi connectivity index (χ1v) is 23.9. The maximum absolute atomic E-state index is 15.3. The summed E-state index contributed by atoms with van der Waals surface area (Å²) in [7, 11) is 3.15. The van der Waals surface area contributed by atoms with Crippen LogP contribution in [0.15, 0.2) is 59.4 Å². The van der Waals surface area contributed by atoms with Crippen molar-refractivity contribution in [1.29, 1.82) is 0 Å². The van der Waals surface area contributed by atoms with E-state index in [4.69, 9.17) is 23.2 Å². The van der Waals surface area contributed by atoms with Crippen molar-refractivity contribution in [3.8, 4) is 0 Å². The second-order valence-corrected chi connectivity index (χ2v) is 19.4. The predicted octanol–water partition coefficient (Wildman–Crippen LogP) is 8.69. The number of likely N-dealkylation sites (N-methyl/N-ethyl adjacent to an activating group) is 1. The Morgan fingerprint density at radius 3 is 2.35 bits per heavy atom. The molecule has 4 amide bonds. The summed E-state index contributed by atoms with van der Waals surface area (Å²) in [6, 6.07) is 13.7. The van der Waals surface area contributed by atoms with Gasteiger partial charge in [0, 0.05) is 49.2 Å². The highest BCUT2D eigenvalue weighted by Crippen LogP contribution is 2.44. The van der Waals surface area contributed by atoms with Crippen LogP contribution < -0.4 is 27.0 Å². The minimum absolute atomic E-state index is 0.0209. The third-order valence-corrected chi connectivity index (χ3v) is 14.8. The normalized spacial score (nSPS) is 22.1. The fourth-order valence-electron chi connectivity index (χ4n) is 10.8. The molecule has 0 spiro atoms. The van der Waals surface area contributed by atoms with Crippen molar-refractivity contribution in [1.82, 2.24) is 30.0 Å². The predicted molar refractivity (Wildman–Crippen MR) is 251 cm³/mol. The zero-order valence-electron chi connectivity index (χ0n) is 37.7. The smallest absolute Gasteiger partial charge is 0.329 e. The van der Waals surface area contributed by atoms with Gasteiger partial charge in [-0.2, -0.15) is 0 Å². The minimum atomic E-state index is -2.86. The Bertz CT molecular complexity index is 2480. The fourth-order valence-corrected chi connectivity index (χ4v) is 11.2. The summed E-state index contributed by atoms with van der Waals surface area (Å²) >= 11 is 12.2. The molecule has 356 valence electrons. The quantitative estimate of drug-likeness (QED) is 0.0822. The highest BCUT2D eigenvalue weighted by atomic mass is 35.5. The molecular formula is C49H60Cl2F3N7O5. The van der Waals surface area contributed by atoms with Crippen molar-refractivity contribution in [2.75, 3.05) is 32.0 Å². The van der Waals surface area contributed by atoms with Gasteiger partial charge in [0.05, 0.1) is 34.6 Å². The van der Waals surface area contributed by atoms with Crippen molar-refractivity contribution < 1.29 is 32.3 Å². The van der Waals surface area contributed by atoms with Crippen LogP contribution in [0.25, 0.3) is 11.0 Å². The first-order chi connectivity index (χ1) is 31.6.